The van der Waals surface area contributed by atoms with Crippen LogP contribution in [0.1, 0.15) is 39.0 Å². The molecule has 1 fully saturated rings. The van der Waals surface area contributed by atoms with Gasteiger partial charge in [-0.2, -0.15) is 11.8 Å². The third-order valence-electron chi connectivity index (χ3n) is 3.08. The molecular weight excluding hydrogens is 220 g/mol. The highest BCUT2D eigenvalue weighted by Gasteiger charge is 2.21. The van der Waals surface area contributed by atoms with Crippen molar-refractivity contribution in [3.63, 3.8) is 0 Å². The van der Waals surface area contributed by atoms with Gasteiger partial charge < -0.3 is 10.6 Å². The third-order valence-corrected chi connectivity index (χ3v) is 4.18. The summed E-state index contributed by atoms with van der Waals surface area (Å²) >= 11 is 1.96. The molecular formula is C12H24N2OS. The molecule has 0 aromatic rings. The van der Waals surface area contributed by atoms with Gasteiger partial charge in [-0.05, 0) is 31.9 Å². The summed E-state index contributed by atoms with van der Waals surface area (Å²) < 4.78 is 0. The van der Waals surface area contributed by atoms with E-state index >= 15 is 0 Å². The van der Waals surface area contributed by atoms with E-state index in [0.29, 0.717) is 12.6 Å². The largest absolute Gasteiger partial charge is 0.355 e. The molecule has 0 saturated heterocycles. The molecule has 3 nitrogen and oxygen atoms in total. The second-order valence-corrected chi connectivity index (χ2v) is 5.59. The molecule has 0 spiro atoms. The molecule has 0 radical (unpaired) electrons. The number of amides is 1. The zero-order valence-corrected chi connectivity index (χ0v) is 11.2. The molecule has 1 amide bonds. The molecule has 16 heavy (non-hydrogen) atoms. The summed E-state index contributed by atoms with van der Waals surface area (Å²) in [5.74, 6) is 0.133. The van der Waals surface area contributed by atoms with Crippen LogP contribution in [-0.4, -0.2) is 36.5 Å². The van der Waals surface area contributed by atoms with Crippen LogP contribution in [0.25, 0.3) is 0 Å². The van der Waals surface area contributed by atoms with E-state index in [2.05, 4.69) is 23.8 Å². The molecule has 0 aromatic carbocycles. The van der Waals surface area contributed by atoms with Crippen molar-refractivity contribution in [2.75, 3.05) is 19.3 Å². The maximum absolute atomic E-state index is 11.4. The van der Waals surface area contributed by atoms with E-state index < -0.39 is 0 Å². The van der Waals surface area contributed by atoms with E-state index in [1.54, 1.807) is 0 Å². The first-order chi connectivity index (χ1) is 7.76. The van der Waals surface area contributed by atoms with Gasteiger partial charge in [0.15, 0.2) is 0 Å². The van der Waals surface area contributed by atoms with Gasteiger partial charge in [-0.3, -0.25) is 4.79 Å². The van der Waals surface area contributed by atoms with E-state index in [1.165, 1.54) is 25.7 Å². The fraction of sp³-hybridized carbons (Fsp3) is 0.917. The van der Waals surface area contributed by atoms with Crippen LogP contribution < -0.4 is 10.6 Å². The Balaban J connectivity index is 2.14. The van der Waals surface area contributed by atoms with Gasteiger partial charge >= 0.3 is 0 Å². The average molecular weight is 244 g/mol. The van der Waals surface area contributed by atoms with Crippen LogP contribution >= 0.6 is 11.8 Å². The molecule has 94 valence electrons. The van der Waals surface area contributed by atoms with Crippen molar-refractivity contribution in [1.29, 1.82) is 0 Å². The van der Waals surface area contributed by atoms with Gasteiger partial charge in [0.1, 0.15) is 0 Å². The highest BCUT2D eigenvalue weighted by molar-refractivity contribution is 7.99. The molecule has 0 bridgehead atoms. The lowest BCUT2D eigenvalue weighted by Gasteiger charge is -2.28. The second kappa shape index (κ2) is 7.96. The van der Waals surface area contributed by atoms with Crippen LogP contribution in [0.5, 0.6) is 0 Å². The van der Waals surface area contributed by atoms with Crippen LogP contribution in [0.3, 0.4) is 0 Å². The van der Waals surface area contributed by atoms with Crippen molar-refractivity contribution in [3.05, 3.63) is 0 Å². The number of hydrogen-bond donors (Lipinski definition) is 2. The Hall–Kier alpha value is -0.220. The van der Waals surface area contributed by atoms with Crippen molar-refractivity contribution < 1.29 is 4.79 Å². The quantitative estimate of drug-likeness (QED) is 0.748. The normalized spacial score (nSPS) is 25.4. The smallest absolute Gasteiger partial charge is 0.233 e. The zero-order chi connectivity index (χ0) is 11.8. The average Bonchev–Trinajstić information content (AvgIpc) is 2.34. The van der Waals surface area contributed by atoms with E-state index in [0.717, 1.165) is 18.2 Å². The maximum Gasteiger partial charge on any atom is 0.233 e. The summed E-state index contributed by atoms with van der Waals surface area (Å²) in [6.45, 7) is 3.34. The predicted molar refractivity (Wildman–Crippen MR) is 70.9 cm³/mol. The molecule has 1 saturated carbocycles. The first kappa shape index (κ1) is 13.8. The minimum Gasteiger partial charge on any atom is -0.355 e. The fourth-order valence-corrected chi connectivity index (χ4v) is 2.94. The molecule has 2 N–H and O–H groups in total. The fourth-order valence-electron chi connectivity index (χ4n) is 2.11. The van der Waals surface area contributed by atoms with Gasteiger partial charge in [-0.25, -0.2) is 0 Å². The summed E-state index contributed by atoms with van der Waals surface area (Å²) in [4.78, 5) is 11.4. The summed E-state index contributed by atoms with van der Waals surface area (Å²) in [6, 6.07) is 0.540. The Bertz CT molecular complexity index is 211. The van der Waals surface area contributed by atoms with Gasteiger partial charge in [-0.1, -0.05) is 13.3 Å². The van der Waals surface area contributed by atoms with Gasteiger partial charge in [0.05, 0.1) is 6.54 Å². The van der Waals surface area contributed by atoms with Crippen molar-refractivity contribution >= 4 is 17.7 Å². The van der Waals surface area contributed by atoms with Crippen LogP contribution in [-0.2, 0) is 4.79 Å². The SMILES string of the molecule is CCCNC(=O)CNC1CCCC(SC)C1. The van der Waals surface area contributed by atoms with Crippen LogP contribution in [0, 0.1) is 0 Å². The van der Waals surface area contributed by atoms with Crippen molar-refractivity contribution in [2.24, 2.45) is 0 Å². The maximum atomic E-state index is 11.4. The number of carbonyl (C=O) groups is 1. The first-order valence-corrected chi connectivity index (χ1v) is 7.58. The third kappa shape index (κ3) is 5.21. The molecule has 0 aliphatic heterocycles. The van der Waals surface area contributed by atoms with Gasteiger partial charge in [0.25, 0.3) is 0 Å². The van der Waals surface area contributed by atoms with Crippen molar-refractivity contribution in [2.45, 2.75) is 50.3 Å². The van der Waals surface area contributed by atoms with Gasteiger partial charge in [-0.15, -0.1) is 0 Å². The number of carbonyl (C=O) groups excluding carboxylic acids is 1. The highest BCUT2D eigenvalue weighted by atomic mass is 32.2. The van der Waals surface area contributed by atoms with Crippen LogP contribution in [0.4, 0.5) is 0 Å². The summed E-state index contributed by atoms with van der Waals surface area (Å²) in [5, 5.41) is 7.04. The van der Waals surface area contributed by atoms with Gasteiger partial charge in [0, 0.05) is 17.8 Å². The Morgan fingerprint density at radius 2 is 2.25 bits per heavy atom. The summed E-state index contributed by atoms with van der Waals surface area (Å²) in [5.41, 5.74) is 0. The minimum atomic E-state index is 0.133. The molecule has 0 heterocycles. The molecule has 1 rings (SSSR count). The summed E-state index contributed by atoms with van der Waals surface area (Å²) in [7, 11) is 0. The molecule has 4 heteroatoms. The van der Waals surface area contributed by atoms with E-state index in [1.807, 2.05) is 11.8 Å². The Morgan fingerprint density at radius 3 is 2.94 bits per heavy atom. The highest BCUT2D eigenvalue weighted by Crippen LogP contribution is 2.26. The molecule has 2 atom stereocenters. The van der Waals surface area contributed by atoms with Crippen molar-refractivity contribution in [1.82, 2.24) is 10.6 Å². The van der Waals surface area contributed by atoms with E-state index in [-0.39, 0.29) is 5.91 Å². The number of nitrogens with one attached hydrogen (secondary N) is 2. The van der Waals surface area contributed by atoms with Crippen LogP contribution in [0.15, 0.2) is 0 Å². The van der Waals surface area contributed by atoms with Gasteiger partial charge in [0.2, 0.25) is 5.91 Å². The van der Waals surface area contributed by atoms with Crippen LogP contribution in [0.2, 0.25) is 0 Å². The van der Waals surface area contributed by atoms with Crippen molar-refractivity contribution in [3.8, 4) is 0 Å². The topological polar surface area (TPSA) is 41.1 Å². The lowest BCUT2D eigenvalue weighted by Crippen LogP contribution is -2.41. The van der Waals surface area contributed by atoms with E-state index in [4.69, 9.17) is 0 Å². The number of thioether (sulfide) groups is 1. The number of rotatable bonds is 6. The Morgan fingerprint density at radius 1 is 1.44 bits per heavy atom. The lowest BCUT2D eigenvalue weighted by atomic mass is 9.95. The van der Waals surface area contributed by atoms with E-state index in [9.17, 15) is 4.79 Å². The standard InChI is InChI=1S/C12H24N2OS/c1-3-7-13-12(15)9-14-10-5-4-6-11(8-10)16-2/h10-11,14H,3-9H2,1-2H3,(H,13,15). The second-order valence-electron chi connectivity index (χ2n) is 4.45. The Labute approximate surface area is 103 Å². The molecule has 2 unspecified atom stereocenters. The number of hydrogen-bond acceptors (Lipinski definition) is 3. The Kier molecular flexibility index (Phi) is 6.88. The summed E-state index contributed by atoms with van der Waals surface area (Å²) in [6.07, 6.45) is 8.24. The first-order valence-electron chi connectivity index (χ1n) is 6.29. The molecule has 0 aromatic heterocycles. The monoisotopic (exact) mass is 244 g/mol. The molecule has 1 aliphatic carbocycles. The minimum absolute atomic E-state index is 0.133. The lowest BCUT2D eigenvalue weighted by molar-refractivity contribution is -0.120. The molecule has 1 aliphatic rings. The predicted octanol–water partition coefficient (Wildman–Crippen LogP) is 1.78. The zero-order valence-electron chi connectivity index (χ0n) is 10.4.